The molecule has 2 aliphatic heterocycles. The number of anilines is 1. The van der Waals surface area contributed by atoms with Crippen LogP contribution in [-0.2, 0) is 5.54 Å². The van der Waals surface area contributed by atoms with Crippen LogP contribution in [0.5, 0.6) is 0 Å². The summed E-state index contributed by atoms with van der Waals surface area (Å²) in [6, 6.07) is 10.4. The van der Waals surface area contributed by atoms with Gasteiger partial charge in [0.15, 0.2) is 0 Å². The maximum atomic E-state index is 14.4. The van der Waals surface area contributed by atoms with E-state index in [9.17, 15) is 9.18 Å². The zero-order valence-corrected chi connectivity index (χ0v) is 18.5. The lowest BCUT2D eigenvalue weighted by Crippen LogP contribution is -2.47. The molecule has 1 amide bonds. The number of hydrogen-bond donors (Lipinski definition) is 1. The van der Waals surface area contributed by atoms with Crippen molar-refractivity contribution >= 4 is 11.7 Å². The normalized spacial score (nSPS) is 27.6. The predicted molar refractivity (Wildman–Crippen MR) is 117 cm³/mol. The summed E-state index contributed by atoms with van der Waals surface area (Å²) < 4.78 is 16.4. The van der Waals surface area contributed by atoms with Crippen LogP contribution in [0.4, 0.5) is 10.2 Å². The standard InChI is InChI=1S/C24H33FN4O/c1-5-23(4)14-20(17-11-9-8-10-12-17)27-21-19(15-26-29(21)23)22(30)28-16-18(25)13-24(28,6-2)7-3/h8-12,15,18,20,27H,5-7,13-14,16H2,1-4H3. The molecule has 1 fully saturated rings. The molecule has 0 aliphatic carbocycles. The first-order valence-electron chi connectivity index (χ1n) is 11.2. The van der Waals surface area contributed by atoms with E-state index in [2.05, 4.69) is 36.4 Å². The van der Waals surface area contributed by atoms with Gasteiger partial charge >= 0.3 is 0 Å². The first-order valence-corrected chi connectivity index (χ1v) is 11.2. The molecule has 1 N–H and O–H groups in total. The Bertz CT molecular complexity index is 907. The number of carbonyl (C=O) groups is 1. The summed E-state index contributed by atoms with van der Waals surface area (Å²) in [4.78, 5) is 15.4. The van der Waals surface area contributed by atoms with Crippen LogP contribution in [0.25, 0.3) is 0 Å². The summed E-state index contributed by atoms with van der Waals surface area (Å²) in [6.07, 6.45) is 4.43. The molecule has 2 aromatic rings. The maximum Gasteiger partial charge on any atom is 0.259 e. The van der Waals surface area contributed by atoms with Gasteiger partial charge in [0.05, 0.1) is 24.3 Å². The second kappa shape index (κ2) is 7.71. The predicted octanol–water partition coefficient (Wildman–Crippen LogP) is 5.31. The molecule has 0 radical (unpaired) electrons. The Hall–Kier alpha value is -2.37. The van der Waals surface area contributed by atoms with E-state index in [4.69, 9.17) is 0 Å². The Kier molecular flexibility index (Phi) is 5.37. The summed E-state index contributed by atoms with van der Waals surface area (Å²) >= 11 is 0. The van der Waals surface area contributed by atoms with E-state index < -0.39 is 11.7 Å². The number of benzene rings is 1. The molecule has 1 aromatic carbocycles. The molecular formula is C24H33FN4O. The number of nitrogens with zero attached hydrogens (tertiary/aromatic N) is 3. The number of rotatable bonds is 5. The average molecular weight is 413 g/mol. The van der Waals surface area contributed by atoms with Crippen molar-refractivity contribution in [2.75, 3.05) is 11.9 Å². The number of aromatic nitrogens is 2. The Balaban J connectivity index is 1.74. The second-order valence-corrected chi connectivity index (χ2v) is 9.13. The van der Waals surface area contributed by atoms with Crippen LogP contribution >= 0.6 is 0 Å². The molecule has 1 aromatic heterocycles. The summed E-state index contributed by atoms with van der Waals surface area (Å²) in [7, 11) is 0. The minimum absolute atomic E-state index is 0.0986. The van der Waals surface area contributed by atoms with Gasteiger partial charge in [-0.15, -0.1) is 0 Å². The van der Waals surface area contributed by atoms with E-state index in [1.165, 1.54) is 5.56 Å². The van der Waals surface area contributed by atoms with Gasteiger partial charge < -0.3 is 10.2 Å². The fraction of sp³-hybridized carbons (Fsp3) is 0.583. The smallest absolute Gasteiger partial charge is 0.259 e. The topological polar surface area (TPSA) is 50.2 Å². The molecular weight excluding hydrogens is 379 g/mol. The fourth-order valence-corrected chi connectivity index (χ4v) is 5.32. The van der Waals surface area contributed by atoms with Crippen molar-refractivity contribution in [2.45, 2.75) is 83.1 Å². The van der Waals surface area contributed by atoms with Gasteiger partial charge in [0.1, 0.15) is 17.6 Å². The Morgan fingerprint density at radius 1 is 1.17 bits per heavy atom. The first kappa shape index (κ1) is 20.9. The molecule has 1 saturated heterocycles. The summed E-state index contributed by atoms with van der Waals surface area (Å²) in [5.74, 6) is 0.646. The van der Waals surface area contributed by atoms with E-state index >= 15 is 0 Å². The molecule has 4 rings (SSSR count). The minimum Gasteiger partial charge on any atom is -0.363 e. The molecule has 0 spiro atoms. The van der Waals surface area contributed by atoms with Crippen molar-refractivity contribution in [2.24, 2.45) is 0 Å². The van der Waals surface area contributed by atoms with Crippen LogP contribution in [0.15, 0.2) is 36.5 Å². The monoisotopic (exact) mass is 412 g/mol. The minimum atomic E-state index is -0.966. The van der Waals surface area contributed by atoms with Crippen LogP contribution in [-0.4, -0.2) is 38.8 Å². The molecule has 30 heavy (non-hydrogen) atoms. The van der Waals surface area contributed by atoms with Crippen LogP contribution in [0.2, 0.25) is 0 Å². The highest BCUT2D eigenvalue weighted by Gasteiger charge is 2.47. The highest BCUT2D eigenvalue weighted by molar-refractivity contribution is 5.99. The number of hydrogen-bond acceptors (Lipinski definition) is 3. The molecule has 2 aliphatic rings. The molecule has 3 heterocycles. The lowest BCUT2D eigenvalue weighted by molar-refractivity contribution is 0.0572. The van der Waals surface area contributed by atoms with Crippen molar-refractivity contribution in [1.82, 2.24) is 14.7 Å². The quantitative estimate of drug-likeness (QED) is 0.724. The van der Waals surface area contributed by atoms with Crippen LogP contribution in [0.3, 0.4) is 0 Å². The van der Waals surface area contributed by atoms with E-state index in [0.717, 1.165) is 31.5 Å². The second-order valence-electron chi connectivity index (χ2n) is 9.13. The highest BCUT2D eigenvalue weighted by Crippen LogP contribution is 2.44. The Labute approximate surface area is 178 Å². The Morgan fingerprint density at radius 3 is 2.50 bits per heavy atom. The van der Waals surface area contributed by atoms with Gasteiger partial charge in [-0.25, -0.2) is 9.07 Å². The highest BCUT2D eigenvalue weighted by atomic mass is 19.1. The lowest BCUT2D eigenvalue weighted by Gasteiger charge is -2.41. The number of likely N-dealkylation sites (tertiary alicyclic amines) is 1. The molecule has 5 nitrogen and oxygen atoms in total. The number of fused-ring (bicyclic) bond motifs is 1. The summed E-state index contributed by atoms with van der Waals surface area (Å²) in [5, 5.41) is 8.22. The molecule has 0 bridgehead atoms. The van der Waals surface area contributed by atoms with Crippen molar-refractivity contribution in [3.63, 3.8) is 0 Å². The molecule has 0 saturated carbocycles. The van der Waals surface area contributed by atoms with Gasteiger partial charge in [-0.2, -0.15) is 5.10 Å². The number of carbonyl (C=O) groups excluding carboxylic acids is 1. The van der Waals surface area contributed by atoms with Crippen LogP contribution in [0, 0.1) is 0 Å². The molecule has 6 heteroatoms. The largest absolute Gasteiger partial charge is 0.363 e. The van der Waals surface area contributed by atoms with Gasteiger partial charge in [-0.05, 0) is 38.2 Å². The number of halogens is 1. The molecule has 3 unspecified atom stereocenters. The van der Waals surface area contributed by atoms with Crippen molar-refractivity contribution in [3.05, 3.63) is 47.7 Å². The van der Waals surface area contributed by atoms with E-state index in [-0.39, 0.29) is 24.0 Å². The van der Waals surface area contributed by atoms with Crippen LogP contribution < -0.4 is 5.32 Å². The zero-order valence-electron chi connectivity index (χ0n) is 18.5. The zero-order chi connectivity index (χ0) is 21.5. The van der Waals surface area contributed by atoms with Crippen molar-refractivity contribution in [1.29, 1.82) is 0 Å². The van der Waals surface area contributed by atoms with Gasteiger partial charge in [-0.3, -0.25) is 4.79 Å². The van der Waals surface area contributed by atoms with Crippen LogP contribution in [0.1, 0.15) is 81.8 Å². The van der Waals surface area contributed by atoms with Gasteiger partial charge in [0, 0.05) is 12.0 Å². The van der Waals surface area contributed by atoms with Gasteiger partial charge in [-0.1, -0.05) is 51.1 Å². The van der Waals surface area contributed by atoms with E-state index in [1.807, 2.05) is 36.7 Å². The third-order valence-electron chi connectivity index (χ3n) is 7.55. The van der Waals surface area contributed by atoms with Crippen molar-refractivity contribution < 1.29 is 9.18 Å². The van der Waals surface area contributed by atoms with Gasteiger partial charge in [0.25, 0.3) is 5.91 Å². The summed E-state index contributed by atoms with van der Waals surface area (Å²) in [5.41, 5.74) is 1.15. The maximum absolute atomic E-state index is 14.4. The van der Waals surface area contributed by atoms with Gasteiger partial charge in [0.2, 0.25) is 0 Å². The third kappa shape index (κ3) is 3.21. The fourth-order valence-electron chi connectivity index (χ4n) is 5.32. The Morgan fingerprint density at radius 2 is 1.87 bits per heavy atom. The molecule has 162 valence electrons. The van der Waals surface area contributed by atoms with E-state index in [1.54, 1.807) is 11.1 Å². The average Bonchev–Trinajstić information content (AvgIpc) is 3.35. The summed E-state index contributed by atoms with van der Waals surface area (Å²) in [6.45, 7) is 8.62. The molecule has 3 atom stereocenters. The third-order valence-corrected chi connectivity index (χ3v) is 7.55. The van der Waals surface area contributed by atoms with Crippen molar-refractivity contribution in [3.8, 4) is 0 Å². The SMILES string of the molecule is CCC1(CC)CC(F)CN1C(=O)c1cnn2c1NC(c1ccccc1)CC2(C)CC. The number of amides is 1. The number of alkyl halides is 1. The number of nitrogens with one attached hydrogen (secondary N) is 1. The lowest BCUT2D eigenvalue weighted by atomic mass is 9.85. The first-order chi connectivity index (χ1) is 14.4. The van der Waals surface area contributed by atoms with E-state index in [0.29, 0.717) is 12.0 Å².